The molecule has 0 radical (unpaired) electrons. The molecular weight excluding hydrogens is 388 g/mol. The third kappa shape index (κ3) is 2.88. The van der Waals surface area contributed by atoms with Gasteiger partial charge in [-0.1, -0.05) is 80.6 Å². The van der Waals surface area contributed by atoms with Crippen LogP contribution in [-0.4, -0.2) is 7.05 Å². The van der Waals surface area contributed by atoms with Gasteiger partial charge in [0, 0.05) is 18.0 Å². The molecule has 0 saturated heterocycles. The Hall–Kier alpha value is -3.46. The Balaban J connectivity index is 1.77. The molecule has 3 heteroatoms. The van der Waals surface area contributed by atoms with Crippen LogP contribution < -0.4 is 4.90 Å². The van der Waals surface area contributed by atoms with E-state index in [0.717, 1.165) is 11.1 Å². The van der Waals surface area contributed by atoms with Gasteiger partial charge < -0.3 is 4.90 Å². The van der Waals surface area contributed by atoms with Gasteiger partial charge in [-0.15, -0.1) is 0 Å². The minimum atomic E-state index is -0.384. The SMILES string of the molecule is CN(c1ccccc1F)c1c(F)cccc1-c1cccc2c1C(C)(C)c1ccccc1-2. The number of para-hydroxylation sites is 2. The van der Waals surface area contributed by atoms with Crippen molar-refractivity contribution in [1.29, 1.82) is 0 Å². The first kappa shape index (κ1) is 19.5. The Morgan fingerprint density at radius 3 is 1.94 bits per heavy atom. The number of fused-ring (bicyclic) bond motifs is 3. The van der Waals surface area contributed by atoms with Crippen molar-refractivity contribution in [3.8, 4) is 22.3 Å². The number of hydrogen-bond acceptors (Lipinski definition) is 1. The van der Waals surface area contributed by atoms with E-state index in [2.05, 4.69) is 44.2 Å². The summed E-state index contributed by atoms with van der Waals surface area (Å²) >= 11 is 0. The van der Waals surface area contributed by atoms with Gasteiger partial charge in [-0.25, -0.2) is 8.78 Å². The molecule has 0 aliphatic heterocycles. The first-order chi connectivity index (χ1) is 14.9. The highest BCUT2D eigenvalue weighted by molar-refractivity contribution is 5.92. The van der Waals surface area contributed by atoms with E-state index in [1.807, 2.05) is 18.2 Å². The summed E-state index contributed by atoms with van der Waals surface area (Å²) in [6.45, 7) is 4.42. The molecule has 0 bridgehead atoms. The van der Waals surface area contributed by atoms with Gasteiger partial charge in [0.1, 0.15) is 11.6 Å². The van der Waals surface area contributed by atoms with Crippen LogP contribution in [0, 0.1) is 11.6 Å². The Kier molecular flexibility index (Phi) is 4.44. The second-order valence-corrected chi connectivity index (χ2v) is 8.55. The molecule has 0 saturated carbocycles. The molecule has 4 aromatic carbocycles. The van der Waals surface area contributed by atoms with Crippen molar-refractivity contribution in [1.82, 2.24) is 0 Å². The van der Waals surface area contributed by atoms with Gasteiger partial charge in [-0.2, -0.15) is 0 Å². The summed E-state index contributed by atoms with van der Waals surface area (Å²) in [5.74, 6) is -0.764. The van der Waals surface area contributed by atoms with Crippen molar-refractivity contribution < 1.29 is 8.78 Å². The summed E-state index contributed by atoms with van der Waals surface area (Å²) in [7, 11) is 1.71. The number of benzene rings is 4. The highest BCUT2D eigenvalue weighted by atomic mass is 19.1. The summed E-state index contributed by atoms with van der Waals surface area (Å²) < 4.78 is 29.8. The summed E-state index contributed by atoms with van der Waals surface area (Å²) in [6.07, 6.45) is 0. The van der Waals surface area contributed by atoms with Gasteiger partial charge in [-0.05, 0) is 46.0 Å². The normalized spacial score (nSPS) is 13.6. The molecule has 0 aromatic heterocycles. The minimum Gasteiger partial charge on any atom is -0.339 e. The van der Waals surface area contributed by atoms with Gasteiger partial charge in [-0.3, -0.25) is 0 Å². The molecule has 0 heterocycles. The molecule has 154 valence electrons. The zero-order valence-corrected chi connectivity index (χ0v) is 17.8. The van der Waals surface area contributed by atoms with Crippen LogP contribution in [0.3, 0.4) is 0 Å². The summed E-state index contributed by atoms with van der Waals surface area (Å²) in [6, 6.07) is 26.1. The number of rotatable bonds is 3. The van der Waals surface area contributed by atoms with E-state index in [0.29, 0.717) is 11.4 Å². The van der Waals surface area contributed by atoms with Crippen LogP contribution in [-0.2, 0) is 5.41 Å². The molecular formula is C28H23F2N. The zero-order chi connectivity index (χ0) is 21.8. The summed E-state index contributed by atoms with van der Waals surface area (Å²) in [4.78, 5) is 1.61. The van der Waals surface area contributed by atoms with Crippen LogP contribution in [0.4, 0.5) is 20.2 Å². The van der Waals surface area contributed by atoms with Crippen molar-refractivity contribution in [2.45, 2.75) is 19.3 Å². The molecule has 1 nitrogen and oxygen atoms in total. The van der Waals surface area contributed by atoms with Crippen molar-refractivity contribution in [3.05, 3.63) is 108 Å². The molecule has 0 N–H and O–H groups in total. The highest BCUT2D eigenvalue weighted by Crippen LogP contribution is 2.53. The first-order valence-corrected chi connectivity index (χ1v) is 10.4. The van der Waals surface area contributed by atoms with E-state index in [9.17, 15) is 4.39 Å². The third-order valence-electron chi connectivity index (χ3n) is 6.41. The highest BCUT2D eigenvalue weighted by Gasteiger charge is 2.37. The average Bonchev–Trinajstić information content (AvgIpc) is 3.01. The van der Waals surface area contributed by atoms with E-state index in [1.54, 1.807) is 36.2 Å². The van der Waals surface area contributed by atoms with E-state index < -0.39 is 0 Å². The fourth-order valence-corrected chi connectivity index (χ4v) is 4.99. The lowest BCUT2D eigenvalue weighted by atomic mass is 9.78. The third-order valence-corrected chi connectivity index (χ3v) is 6.41. The second kappa shape index (κ2) is 7.05. The number of nitrogens with zero attached hydrogens (tertiary/aromatic N) is 1. The van der Waals surface area contributed by atoms with Crippen LogP contribution in [0.2, 0.25) is 0 Å². The fraction of sp³-hybridized carbons (Fsp3) is 0.143. The van der Waals surface area contributed by atoms with Crippen LogP contribution in [0.5, 0.6) is 0 Å². The molecule has 0 amide bonds. The topological polar surface area (TPSA) is 3.24 Å². The molecule has 0 unspecified atom stereocenters. The Morgan fingerprint density at radius 2 is 1.16 bits per heavy atom. The Bertz CT molecular complexity index is 1310. The van der Waals surface area contributed by atoms with Gasteiger partial charge in [0.2, 0.25) is 0 Å². The van der Waals surface area contributed by atoms with Gasteiger partial charge >= 0.3 is 0 Å². The Morgan fingerprint density at radius 1 is 0.613 bits per heavy atom. The van der Waals surface area contributed by atoms with Crippen molar-refractivity contribution >= 4 is 11.4 Å². The monoisotopic (exact) mass is 411 g/mol. The fourth-order valence-electron chi connectivity index (χ4n) is 4.99. The summed E-state index contributed by atoms with van der Waals surface area (Å²) in [5.41, 5.74) is 7.01. The largest absolute Gasteiger partial charge is 0.339 e. The molecule has 0 spiro atoms. The average molecular weight is 411 g/mol. The molecule has 31 heavy (non-hydrogen) atoms. The lowest BCUT2D eigenvalue weighted by molar-refractivity contribution is 0.617. The smallest absolute Gasteiger partial charge is 0.147 e. The molecule has 1 aliphatic rings. The lowest BCUT2D eigenvalue weighted by Crippen LogP contribution is -2.18. The molecule has 0 atom stereocenters. The minimum absolute atomic E-state index is 0.233. The lowest BCUT2D eigenvalue weighted by Gasteiger charge is -2.28. The maximum atomic E-state index is 15.2. The molecule has 0 fully saturated rings. The van der Waals surface area contributed by atoms with E-state index >= 15 is 4.39 Å². The van der Waals surface area contributed by atoms with Crippen LogP contribution in [0.25, 0.3) is 22.3 Å². The quantitative estimate of drug-likeness (QED) is 0.334. The Labute approximate surface area is 181 Å². The maximum absolute atomic E-state index is 15.2. The van der Waals surface area contributed by atoms with Gasteiger partial charge in [0.05, 0.1) is 11.4 Å². The second-order valence-electron chi connectivity index (χ2n) is 8.55. The van der Waals surface area contributed by atoms with E-state index in [4.69, 9.17) is 0 Å². The number of hydrogen-bond donors (Lipinski definition) is 0. The zero-order valence-electron chi connectivity index (χ0n) is 17.8. The molecule has 1 aliphatic carbocycles. The number of anilines is 2. The van der Waals surface area contributed by atoms with Crippen molar-refractivity contribution in [2.24, 2.45) is 0 Å². The standard InChI is InChI=1S/C28H23F2N/c1-28(2)22-14-5-4-10-18(22)19-11-8-12-20(26(19)28)21-13-9-16-24(30)27(21)31(3)25-17-7-6-15-23(25)29/h4-17H,1-3H3. The predicted molar refractivity (Wildman–Crippen MR) is 124 cm³/mol. The van der Waals surface area contributed by atoms with Crippen LogP contribution in [0.15, 0.2) is 84.9 Å². The van der Waals surface area contributed by atoms with E-state index in [1.165, 1.54) is 34.4 Å². The van der Waals surface area contributed by atoms with Crippen LogP contribution >= 0.6 is 0 Å². The van der Waals surface area contributed by atoms with Crippen LogP contribution in [0.1, 0.15) is 25.0 Å². The maximum Gasteiger partial charge on any atom is 0.147 e. The van der Waals surface area contributed by atoms with Crippen molar-refractivity contribution in [2.75, 3.05) is 11.9 Å². The van der Waals surface area contributed by atoms with E-state index in [-0.39, 0.29) is 17.0 Å². The van der Waals surface area contributed by atoms with Crippen molar-refractivity contribution in [3.63, 3.8) is 0 Å². The predicted octanol–water partition coefficient (Wildman–Crippen LogP) is 7.71. The number of halogens is 2. The van der Waals surface area contributed by atoms with Gasteiger partial charge in [0.25, 0.3) is 0 Å². The molecule has 5 rings (SSSR count). The first-order valence-electron chi connectivity index (χ1n) is 10.4. The summed E-state index contributed by atoms with van der Waals surface area (Å²) in [5, 5.41) is 0. The van der Waals surface area contributed by atoms with Gasteiger partial charge in [0.15, 0.2) is 0 Å². The molecule has 4 aromatic rings.